The van der Waals surface area contributed by atoms with E-state index in [1.165, 1.54) is 5.57 Å². The highest BCUT2D eigenvalue weighted by molar-refractivity contribution is 7.91. The Labute approximate surface area is 139 Å². The van der Waals surface area contributed by atoms with Crippen LogP contribution in [0.5, 0.6) is 0 Å². The minimum atomic E-state index is -3.12. The Bertz CT molecular complexity index is 588. The number of hydrogen-bond donors (Lipinski definition) is 0. The van der Waals surface area contributed by atoms with Crippen molar-refractivity contribution in [1.29, 1.82) is 0 Å². The first-order valence-electron chi connectivity index (χ1n) is 8.06. The van der Waals surface area contributed by atoms with Crippen LogP contribution >= 0.6 is 0 Å². The van der Waals surface area contributed by atoms with Crippen LogP contribution in [-0.2, 0) is 14.6 Å². The van der Waals surface area contributed by atoms with Gasteiger partial charge < -0.3 is 9.64 Å². The smallest absolute Gasteiger partial charge is 0.410 e. The highest BCUT2D eigenvalue weighted by atomic mass is 32.2. The Morgan fingerprint density at radius 3 is 2.35 bits per heavy atom. The van der Waals surface area contributed by atoms with E-state index in [0.29, 0.717) is 13.1 Å². The summed E-state index contributed by atoms with van der Waals surface area (Å²) in [4.78, 5) is 16.2. The zero-order valence-corrected chi connectivity index (χ0v) is 15.5. The predicted molar refractivity (Wildman–Crippen MR) is 90.2 cm³/mol. The average molecular weight is 344 g/mol. The van der Waals surface area contributed by atoms with Gasteiger partial charge in [-0.2, -0.15) is 0 Å². The molecule has 2 fully saturated rings. The van der Waals surface area contributed by atoms with Crippen molar-refractivity contribution >= 4 is 15.9 Å². The molecule has 0 N–H and O–H groups in total. The average Bonchev–Trinajstić information content (AvgIpc) is 2.68. The molecule has 0 aromatic rings. The summed E-state index contributed by atoms with van der Waals surface area (Å²) < 4.78 is 29.7. The quantitative estimate of drug-likeness (QED) is 0.713. The van der Waals surface area contributed by atoms with Crippen LogP contribution in [0.15, 0.2) is 11.6 Å². The molecule has 2 saturated heterocycles. The first-order valence-corrected chi connectivity index (χ1v) is 9.88. The predicted octanol–water partition coefficient (Wildman–Crippen LogP) is 1.67. The van der Waals surface area contributed by atoms with Crippen LogP contribution in [0.4, 0.5) is 4.79 Å². The molecule has 0 bridgehead atoms. The normalized spacial score (nSPS) is 27.4. The summed E-state index contributed by atoms with van der Waals surface area (Å²) in [5.74, 6) is 0.149. The minimum Gasteiger partial charge on any atom is -0.444 e. The topological polar surface area (TPSA) is 66.9 Å². The zero-order chi connectivity index (χ0) is 17.4. The number of carbonyl (C=O) groups excluding carboxylic acids is 1. The minimum absolute atomic E-state index is 0.0300. The molecule has 2 atom stereocenters. The Morgan fingerprint density at radius 1 is 1.17 bits per heavy atom. The number of hydrogen-bond acceptors (Lipinski definition) is 5. The van der Waals surface area contributed by atoms with Crippen molar-refractivity contribution in [2.24, 2.45) is 0 Å². The van der Waals surface area contributed by atoms with E-state index in [-0.39, 0.29) is 23.6 Å². The van der Waals surface area contributed by atoms with Crippen LogP contribution in [0.1, 0.15) is 34.6 Å². The third-order valence-electron chi connectivity index (χ3n) is 4.15. The molecule has 0 unspecified atom stereocenters. The van der Waals surface area contributed by atoms with E-state index < -0.39 is 21.5 Å². The highest BCUT2D eigenvalue weighted by Gasteiger charge is 2.48. The molecule has 0 aromatic heterocycles. The van der Waals surface area contributed by atoms with Gasteiger partial charge in [-0.3, -0.25) is 4.90 Å². The van der Waals surface area contributed by atoms with Crippen molar-refractivity contribution in [2.45, 2.75) is 52.3 Å². The maximum atomic E-state index is 12.4. The second-order valence-corrected chi connectivity index (χ2v) is 9.82. The first kappa shape index (κ1) is 18.3. The molecule has 0 saturated carbocycles. The second-order valence-electron chi connectivity index (χ2n) is 7.66. The van der Waals surface area contributed by atoms with Crippen molar-refractivity contribution in [2.75, 3.05) is 31.1 Å². The molecular formula is C16H28N2O4S. The molecule has 0 aliphatic carbocycles. The third-order valence-corrected chi connectivity index (χ3v) is 5.85. The molecular weight excluding hydrogens is 316 g/mol. The molecule has 23 heavy (non-hydrogen) atoms. The molecule has 2 heterocycles. The van der Waals surface area contributed by atoms with Gasteiger partial charge in [-0.1, -0.05) is 11.6 Å². The van der Waals surface area contributed by atoms with E-state index in [1.807, 2.05) is 34.6 Å². The number of ether oxygens (including phenoxy) is 1. The number of piperazine rings is 1. The Kier molecular flexibility index (Phi) is 5.11. The van der Waals surface area contributed by atoms with Crippen LogP contribution in [0.25, 0.3) is 0 Å². The lowest BCUT2D eigenvalue weighted by atomic mass is 10.0. The number of allylic oxidation sites excluding steroid dienone is 1. The SMILES string of the molecule is CC(C)=CCN1CCN(C(=O)OC(C)(C)C)[C@@H]2CS(=O)(=O)C[C@H]21. The maximum absolute atomic E-state index is 12.4. The molecule has 132 valence electrons. The molecule has 0 radical (unpaired) electrons. The standard InChI is InChI=1S/C16H28N2O4S/c1-12(2)6-7-17-8-9-18(15(19)22-16(3,4)5)14-11-23(20,21)10-13(14)17/h6,13-14H,7-11H2,1-5H3/t13-,14-/m1/s1. The summed E-state index contributed by atoms with van der Waals surface area (Å²) in [7, 11) is -3.12. The Morgan fingerprint density at radius 2 is 1.78 bits per heavy atom. The summed E-state index contributed by atoms with van der Waals surface area (Å²) in [5.41, 5.74) is 0.625. The van der Waals surface area contributed by atoms with Gasteiger partial charge in [0, 0.05) is 25.7 Å². The fourth-order valence-electron chi connectivity index (χ4n) is 3.10. The first-order chi connectivity index (χ1) is 10.5. The van der Waals surface area contributed by atoms with Gasteiger partial charge in [0.05, 0.1) is 17.5 Å². The fraction of sp³-hybridized carbons (Fsp3) is 0.812. The number of carbonyl (C=O) groups is 1. The van der Waals surface area contributed by atoms with Crippen LogP contribution < -0.4 is 0 Å². The summed E-state index contributed by atoms with van der Waals surface area (Å²) in [6.07, 6.45) is 1.69. The van der Waals surface area contributed by atoms with Crippen LogP contribution in [0.2, 0.25) is 0 Å². The molecule has 1 amide bonds. The molecule has 0 aromatic carbocycles. The van der Waals surface area contributed by atoms with Crippen LogP contribution in [-0.4, -0.2) is 73.1 Å². The second kappa shape index (κ2) is 6.43. The van der Waals surface area contributed by atoms with E-state index in [1.54, 1.807) is 4.90 Å². The lowest BCUT2D eigenvalue weighted by molar-refractivity contribution is -0.00687. The molecule has 7 heteroatoms. The lowest BCUT2D eigenvalue weighted by Crippen LogP contribution is -2.61. The number of rotatable bonds is 2. The van der Waals surface area contributed by atoms with Gasteiger partial charge in [-0.25, -0.2) is 13.2 Å². The highest BCUT2D eigenvalue weighted by Crippen LogP contribution is 2.28. The van der Waals surface area contributed by atoms with E-state index in [0.717, 1.165) is 6.54 Å². The van der Waals surface area contributed by atoms with Gasteiger partial charge in [-0.15, -0.1) is 0 Å². The number of sulfone groups is 1. The summed E-state index contributed by atoms with van der Waals surface area (Å²) >= 11 is 0. The van der Waals surface area contributed by atoms with Crippen LogP contribution in [0, 0.1) is 0 Å². The van der Waals surface area contributed by atoms with E-state index in [9.17, 15) is 13.2 Å². The van der Waals surface area contributed by atoms with Crippen molar-refractivity contribution in [1.82, 2.24) is 9.80 Å². The zero-order valence-electron chi connectivity index (χ0n) is 14.7. The van der Waals surface area contributed by atoms with E-state index >= 15 is 0 Å². The Hall–Kier alpha value is -1.08. The van der Waals surface area contributed by atoms with Gasteiger partial charge in [-0.05, 0) is 34.6 Å². The summed E-state index contributed by atoms with van der Waals surface area (Å²) in [6, 6.07) is -0.453. The van der Waals surface area contributed by atoms with Crippen LogP contribution in [0.3, 0.4) is 0 Å². The molecule has 6 nitrogen and oxygen atoms in total. The Balaban J connectivity index is 2.18. The maximum Gasteiger partial charge on any atom is 0.410 e. The molecule has 0 spiro atoms. The molecule has 2 aliphatic rings. The van der Waals surface area contributed by atoms with Gasteiger partial charge in [0.25, 0.3) is 0 Å². The molecule has 2 rings (SSSR count). The van der Waals surface area contributed by atoms with Gasteiger partial charge in [0.15, 0.2) is 9.84 Å². The van der Waals surface area contributed by atoms with Gasteiger partial charge in [0.2, 0.25) is 0 Å². The number of nitrogens with zero attached hydrogens (tertiary/aromatic N) is 2. The number of fused-ring (bicyclic) bond motifs is 1. The van der Waals surface area contributed by atoms with Gasteiger partial charge in [0.1, 0.15) is 5.60 Å². The van der Waals surface area contributed by atoms with Crippen molar-refractivity contribution < 1.29 is 17.9 Å². The van der Waals surface area contributed by atoms with Crippen molar-refractivity contribution in [3.05, 3.63) is 11.6 Å². The summed E-state index contributed by atoms with van der Waals surface area (Å²) in [6.45, 7) is 11.4. The van der Waals surface area contributed by atoms with Crippen molar-refractivity contribution in [3.63, 3.8) is 0 Å². The number of amides is 1. The third kappa shape index (κ3) is 4.70. The van der Waals surface area contributed by atoms with E-state index in [4.69, 9.17) is 4.74 Å². The fourth-order valence-corrected chi connectivity index (χ4v) is 5.11. The monoisotopic (exact) mass is 344 g/mol. The largest absolute Gasteiger partial charge is 0.444 e. The van der Waals surface area contributed by atoms with Gasteiger partial charge >= 0.3 is 6.09 Å². The summed E-state index contributed by atoms with van der Waals surface area (Å²) in [5, 5.41) is 0. The molecule has 2 aliphatic heterocycles. The van der Waals surface area contributed by atoms with E-state index in [2.05, 4.69) is 11.0 Å². The van der Waals surface area contributed by atoms with Crippen molar-refractivity contribution in [3.8, 4) is 0 Å². The lowest BCUT2D eigenvalue weighted by Gasteiger charge is -2.43.